The van der Waals surface area contributed by atoms with E-state index in [2.05, 4.69) is 16.0 Å². The first-order valence-electron chi connectivity index (χ1n) is 19.2. The van der Waals surface area contributed by atoms with Crippen molar-refractivity contribution in [2.75, 3.05) is 69.8 Å². The maximum absolute atomic E-state index is 14.0. The number of carbonyl (C=O) groups excluding carboxylic acids is 2. The molecule has 1 aliphatic rings. The van der Waals surface area contributed by atoms with E-state index in [9.17, 15) is 39.6 Å². The van der Waals surface area contributed by atoms with Gasteiger partial charge in [-0.2, -0.15) is 13.2 Å². The summed E-state index contributed by atoms with van der Waals surface area (Å²) in [7, 11) is -7.25. The zero-order valence-electron chi connectivity index (χ0n) is 33.8. The van der Waals surface area contributed by atoms with Crippen molar-refractivity contribution in [3.8, 4) is 0 Å². The normalized spacial score (nSPS) is 14.2. The van der Waals surface area contributed by atoms with Gasteiger partial charge in [-0.15, -0.1) is 11.8 Å². The van der Waals surface area contributed by atoms with Crippen molar-refractivity contribution in [2.45, 2.75) is 46.0 Å². The number of halogens is 4. The number of alkyl halides is 3. The molecule has 0 saturated carbocycles. The minimum Gasteiger partial charge on any atom is -0.384 e. The topological polar surface area (TPSA) is 157 Å². The lowest BCUT2D eigenvalue weighted by Crippen LogP contribution is -2.38. The van der Waals surface area contributed by atoms with E-state index in [1.807, 2.05) is 78.3 Å². The number of amides is 2. The Bertz CT molecular complexity index is 2400. The molecule has 1 atom stereocenters. The lowest BCUT2D eigenvalue weighted by molar-refractivity contribution is -0.128. The van der Waals surface area contributed by atoms with Crippen LogP contribution in [0.2, 0.25) is 5.02 Å². The molecule has 328 valence electrons. The van der Waals surface area contributed by atoms with Crippen LogP contribution in [0, 0.1) is 0 Å². The number of anilines is 2. The second-order valence-corrected chi connectivity index (χ2v) is 19.7. The van der Waals surface area contributed by atoms with Gasteiger partial charge in [0.1, 0.15) is 4.90 Å². The van der Waals surface area contributed by atoms with Crippen molar-refractivity contribution in [2.24, 2.45) is 0 Å². The summed E-state index contributed by atoms with van der Waals surface area (Å²) in [6.07, 6.45) is 1.14. The smallest absolute Gasteiger partial charge is 0.384 e. The highest BCUT2D eigenvalue weighted by molar-refractivity contribution is 7.99. The summed E-state index contributed by atoms with van der Waals surface area (Å²) < 4.78 is 96.3. The van der Waals surface area contributed by atoms with Crippen LogP contribution >= 0.6 is 23.4 Å². The number of sulfone groups is 1. The molecule has 0 fully saturated rings. The standard InChI is InChI=1S/C42H48ClF3N6O6S3/c1-29(53)52-24-20-38(30-9-13-33(43)14-10-30)32(27-52)26-47-21-22-48-34-15-11-31(12-16-34)41(54)50-61(57,58)37-17-18-39(40(25-37)60(55,56)42(44,45)46)49-35(19-23-51(2)3)28-59-36-7-5-4-6-8-36/h4-18,25,35,47-49H,19-24,26-28H2,1-3H3,(H,50,54)/t35-/m1/s1. The van der Waals surface area contributed by atoms with Crippen LogP contribution in [0.4, 0.5) is 24.5 Å². The summed E-state index contributed by atoms with van der Waals surface area (Å²) in [5.74, 6) is -0.711. The van der Waals surface area contributed by atoms with Crippen molar-refractivity contribution in [3.05, 3.63) is 119 Å². The Balaban J connectivity index is 1.23. The van der Waals surface area contributed by atoms with E-state index in [4.69, 9.17) is 11.6 Å². The summed E-state index contributed by atoms with van der Waals surface area (Å²) in [5.41, 5.74) is -2.30. The molecule has 5 rings (SSSR count). The molecule has 0 aromatic heterocycles. The number of benzene rings is 4. The predicted molar refractivity (Wildman–Crippen MR) is 235 cm³/mol. The van der Waals surface area contributed by atoms with E-state index in [-0.39, 0.29) is 11.5 Å². The fourth-order valence-electron chi connectivity index (χ4n) is 6.45. The fourth-order valence-corrected chi connectivity index (χ4v) is 9.60. The minimum absolute atomic E-state index is 0.00534. The maximum Gasteiger partial charge on any atom is 0.501 e. The quantitative estimate of drug-likeness (QED) is 0.0569. The molecule has 0 unspecified atom stereocenters. The highest BCUT2D eigenvalue weighted by atomic mass is 35.5. The number of sulfonamides is 1. The van der Waals surface area contributed by atoms with Crippen molar-refractivity contribution >= 4 is 72.0 Å². The molecule has 2 amide bonds. The number of hydrogen-bond donors (Lipinski definition) is 4. The molecule has 1 aliphatic heterocycles. The second-order valence-electron chi connectivity index (χ2n) is 14.6. The minimum atomic E-state index is -6.05. The molecule has 4 N–H and O–H groups in total. The van der Waals surface area contributed by atoms with Gasteiger partial charge in [-0.3, -0.25) is 9.59 Å². The average molecular weight is 922 g/mol. The maximum atomic E-state index is 14.0. The van der Waals surface area contributed by atoms with Gasteiger partial charge >= 0.3 is 5.51 Å². The van der Waals surface area contributed by atoms with E-state index >= 15 is 0 Å². The molecular formula is C42H48ClF3N6O6S3. The number of nitrogens with one attached hydrogen (secondary N) is 4. The van der Waals surface area contributed by atoms with E-state index in [1.54, 1.807) is 24.0 Å². The Kier molecular flexibility index (Phi) is 16.3. The van der Waals surface area contributed by atoms with Crippen molar-refractivity contribution in [3.63, 3.8) is 0 Å². The molecule has 4 aromatic rings. The van der Waals surface area contributed by atoms with Crippen LogP contribution in [-0.2, 0) is 24.7 Å². The monoisotopic (exact) mass is 920 g/mol. The van der Waals surface area contributed by atoms with Crippen LogP contribution < -0.4 is 20.7 Å². The van der Waals surface area contributed by atoms with E-state index in [0.717, 1.165) is 34.6 Å². The first kappa shape index (κ1) is 47.5. The molecule has 0 aliphatic carbocycles. The lowest BCUT2D eigenvalue weighted by atomic mass is 9.93. The van der Waals surface area contributed by atoms with Gasteiger partial charge in [0.25, 0.3) is 25.8 Å². The SMILES string of the molecule is CC(=O)N1CCC(c2ccc(Cl)cc2)=C(CNCCNc2ccc(C(=O)NS(=O)(=O)c3ccc(N[C@H](CCN(C)C)CSc4ccccc4)c(S(=O)(=O)C(F)(F)F)c3)cc2)C1. The third kappa shape index (κ3) is 13.2. The third-order valence-electron chi connectivity index (χ3n) is 9.76. The molecule has 0 saturated heterocycles. The highest BCUT2D eigenvalue weighted by Gasteiger charge is 2.48. The van der Waals surface area contributed by atoms with E-state index < -0.39 is 52.8 Å². The molecule has 1 heterocycles. The molecule has 12 nitrogen and oxygen atoms in total. The summed E-state index contributed by atoms with van der Waals surface area (Å²) in [6, 6.07) is 24.5. The summed E-state index contributed by atoms with van der Waals surface area (Å²) >= 11 is 7.51. The van der Waals surface area contributed by atoms with Crippen LogP contribution in [0.5, 0.6) is 0 Å². The number of thioether (sulfide) groups is 1. The van der Waals surface area contributed by atoms with E-state index in [0.29, 0.717) is 68.2 Å². The molecule has 4 aromatic carbocycles. The number of rotatable bonds is 19. The average Bonchev–Trinajstić information content (AvgIpc) is 3.22. The van der Waals surface area contributed by atoms with Crippen molar-refractivity contribution in [1.29, 1.82) is 0 Å². The molecule has 61 heavy (non-hydrogen) atoms. The zero-order valence-corrected chi connectivity index (χ0v) is 37.0. The van der Waals surface area contributed by atoms with Gasteiger partial charge in [0.05, 0.1) is 10.6 Å². The van der Waals surface area contributed by atoms with Gasteiger partial charge in [-0.1, -0.05) is 41.9 Å². The number of hydrogen-bond acceptors (Lipinski definition) is 11. The summed E-state index contributed by atoms with van der Waals surface area (Å²) in [6.45, 7) is 4.79. The fraction of sp³-hybridized carbons (Fsp3) is 0.333. The number of nitrogens with zero attached hydrogens (tertiary/aromatic N) is 2. The van der Waals surface area contributed by atoms with Gasteiger partial charge in [0, 0.05) is 72.6 Å². The molecular weight excluding hydrogens is 873 g/mol. The molecule has 0 bridgehead atoms. The lowest BCUT2D eigenvalue weighted by Gasteiger charge is -2.31. The van der Waals surface area contributed by atoms with Crippen LogP contribution in [0.3, 0.4) is 0 Å². The third-order valence-corrected chi connectivity index (χ3v) is 14.0. The Labute approximate surface area is 364 Å². The number of carbonyl (C=O) groups is 2. The Hall–Kier alpha value is -4.59. The van der Waals surface area contributed by atoms with Crippen LogP contribution in [-0.4, -0.2) is 109 Å². The van der Waals surface area contributed by atoms with Crippen LogP contribution in [0.1, 0.15) is 35.7 Å². The molecule has 0 spiro atoms. The Morgan fingerprint density at radius 1 is 0.918 bits per heavy atom. The second kappa shape index (κ2) is 21.0. The molecule has 0 radical (unpaired) electrons. The van der Waals surface area contributed by atoms with Crippen LogP contribution in [0.25, 0.3) is 5.57 Å². The van der Waals surface area contributed by atoms with Gasteiger partial charge in [0.15, 0.2) is 0 Å². The van der Waals surface area contributed by atoms with Gasteiger partial charge in [-0.05, 0) is 117 Å². The predicted octanol–water partition coefficient (Wildman–Crippen LogP) is 6.98. The summed E-state index contributed by atoms with van der Waals surface area (Å²) in [5, 5.41) is 10.2. The van der Waals surface area contributed by atoms with Crippen molar-refractivity contribution < 1.29 is 39.6 Å². The van der Waals surface area contributed by atoms with Gasteiger partial charge in [-0.25, -0.2) is 21.6 Å². The largest absolute Gasteiger partial charge is 0.501 e. The highest BCUT2D eigenvalue weighted by Crippen LogP contribution is 2.37. The first-order valence-corrected chi connectivity index (χ1v) is 23.6. The van der Waals surface area contributed by atoms with Crippen molar-refractivity contribution in [1.82, 2.24) is 19.8 Å². The Morgan fingerprint density at radius 3 is 2.25 bits per heavy atom. The summed E-state index contributed by atoms with van der Waals surface area (Å²) in [4.78, 5) is 27.7. The zero-order chi connectivity index (χ0) is 44.4. The first-order chi connectivity index (χ1) is 28.8. The van der Waals surface area contributed by atoms with Crippen LogP contribution in [0.15, 0.2) is 117 Å². The Morgan fingerprint density at radius 2 is 1.61 bits per heavy atom. The van der Waals surface area contributed by atoms with E-state index in [1.165, 1.54) is 29.5 Å². The van der Waals surface area contributed by atoms with Gasteiger partial charge < -0.3 is 25.8 Å². The van der Waals surface area contributed by atoms with Gasteiger partial charge in [0.2, 0.25) is 5.91 Å². The molecule has 19 heteroatoms.